The van der Waals surface area contributed by atoms with E-state index in [4.69, 9.17) is 16.6 Å². The van der Waals surface area contributed by atoms with Crippen molar-refractivity contribution in [2.24, 2.45) is 11.5 Å². The lowest BCUT2D eigenvalue weighted by Gasteiger charge is -2.06. The van der Waals surface area contributed by atoms with Crippen LogP contribution in [-0.4, -0.2) is 23.2 Å². The number of carboxylic acids is 1. The van der Waals surface area contributed by atoms with Gasteiger partial charge in [0.25, 0.3) is 0 Å². The minimum Gasteiger partial charge on any atom is -0.480 e. The maximum absolute atomic E-state index is 10.4. The Kier molecular flexibility index (Phi) is 8.33. The molecule has 0 saturated heterocycles. The molecule has 0 spiro atoms. The fraction of sp³-hybridized carbons (Fsp3) is 0.909. The number of aliphatic carboxylic acids is 1. The van der Waals surface area contributed by atoms with Crippen LogP contribution in [0.1, 0.15) is 51.9 Å². The van der Waals surface area contributed by atoms with Crippen LogP contribution in [-0.2, 0) is 4.79 Å². The summed E-state index contributed by atoms with van der Waals surface area (Å²) < 4.78 is 0. The van der Waals surface area contributed by atoms with Gasteiger partial charge < -0.3 is 16.6 Å². The van der Waals surface area contributed by atoms with Crippen molar-refractivity contribution in [2.45, 2.75) is 64.0 Å². The third kappa shape index (κ3) is 9.69. The molecule has 0 aliphatic rings. The van der Waals surface area contributed by atoms with Gasteiger partial charge in [-0.15, -0.1) is 0 Å². The molecule has 0 rings (SSSR count). The van der Waals surface area contributed by atoms with Crippen molar-refractivity contribution in [3.63, 3.8) is 0 Å². The quantitative estimate of drug-likeness (QED) is 0.509. The zero-order valence-electron chi connectivity index (χ0n) is 9.61. The summed E-state index contributed by atoms with van der Waals surface area (Å²) in [6.45, 7) is 2.02. The molecule has 4 nitrogen and oxygen atoms in total. The van der Waals surface area contributed by atoms with Crippen molar-refractivity contribution in [1.29, 1.82) is 0 Å². The van der Waals surface area contributed by atoms with Crippen LogP contribution in [0.3, 0.4) is 0 Å². The first-order valence-corrected chi connectivity index (χ1v) is 5.78. The second-order valence-electron chi connectivity index (χ2n) is 4.27. The minimum absolute atomic E-state index is 0.297. The highest BCUT2D eigenvalue weighted by Crippen LogP contribution is 2.08. The Balaban J connectivity index is 3.15. The monoisotopic (exact) mass is 216 g/mol. The summed E-state index contributed by atoms with van der Waals surface area (Å²) in [4.78, 5) is 10.4. The second-order valence-corrected chi connectivity index (χ2v) is 4.27. The third-order valence-electron chi connectivity index (χ3n) is 2.49. The second kappa shape index (κ2) is 8.68. The fourth-order valence-electron chi connectivity index (χ4n) is 1.48. The number of carboxylic acid groups (broad SMARTS) is 1. The summed E-state index contributed by atoms with van der Waals surface area (Å²) in [5.41, 5.74) is 11.0. The van der Waals surface area contributed by atoms with E-state index in [2.05, 4.69) is 0 Å². The van der Waals surface area contributed by atoms with Gasteiger partial charge in [-0.25, -0.2) is 0 Å². The number of hydrogen-bond acceptors (Lipinski definition) is 3. The average Bonchev–Trinajstić information content (AvgIpc) is 2.15. The highest BCUT2D eigenvalue weighted by molar-refractivity contribution is 5.72. The maximum Gasteiger partial charge on any atom is 0.320 e. The normalized spacial score (nSPS) is 14.9. The van der Waals surface area contributed by atoms with Crippen molar-refractivity contribution in [2.75, 3.05) is 0 Å². The van der Waals surface area contributed by atoms with Gasteiger partial charge in [0.1, 0.15) is 6.04 Å². The lowest BCUT2D eigenvalue weighted by molar-refractivity contribution is -0.138. The van der Waals surface area contributed by atoms with E-state index in [-0.39, 0.29) is 0 Å². The molecule has 0 aromatic carbocycles. The molecule has 0 aromatic heterocycles. The number of carbonyl (C=O) groups is 1. The van der Waals surface area contributed by atoms with Crippen LogP contribution < -0.4 is 11.5 Å². The Morgan fingerprint density at radius 1 is 1.07 bits per heavy atom. The topological polar surface area (TPSA) is 89.3 Å². The predicted molar refractivity (Wildman–Crippen MR) is 61.6 cm³/mol. The Labute approximate surface area is 92.0 Å². The first-order chi connectivity index (χ1) is 7.04. The van der Waals surface area contributed by atoms with Gasteiger partial charge in [-0.3, -0.25) is 4.79 Å². The van der Waals surface area contributed by atoms with Crippen molar-refractivity contribution in [3.8, 4) is 0 Å². The van der Waals surface area contributed by atoms with E-state index in [1.807, 2.05) is 6.92 Å². The van der Waals surface area contributed by atoms with E-state index in [9.17, 15) is 4.79 Å². The van der Waals surface area contributed by atoms with E-state index in [1.54, 1.807) is 0 Å². The largest absolute Gasteiger partial charge is 0.480 e. The van der Waals surface area contributed by atoms with Crippen molar-refractivity contribution >= 4 is 5.97 Å². The van der Waals surface area contributed by atoms with Crippen LogP contribution in [0, 0.1) is 0 Å². The lowest BCUT2D eigenvalue weighted by atomic mass is 10.0. The summed E-state index contributed by atoms with van der Waals surface area (Å²) in [5, 5.41) is 8.54. The number of nitrogens with two attached hydrogens (primary N) is 2. The van der Waals surface area contributed by atoms with Crippen molar-refractivity contribution < 1.29 is 9.90 Å². The fourth-order valence-corrected chi connectivity index (χ4v) is 1.48. The number of unbranched alkanes of at least 4 members (excludes halogenated alkanes) is 4. The first-order valence-electron chi connectivity index (χ1n) is 5.78. The van der Waals surface area contributed by atoms with Gasteiger partial charge >= 0.3 is 5.97 Å². The smallest absolute Gasteiger partial charge is 0.320 e. The molecule has 2 unspecified atom stereocenters. The molecule has 0 aliphatic heterocycles. The van der Waals surface area contributed by atoms with Crippen LogP contribution in [0.15, 0.2) is 0 Å². The molecule has 0 saturated carbocycles. The summed E-state index contributed by atoms with van der Waals surface area (Å²) in [6, 6.07) is -0.389. The predicted octanol–water partition coefficient (Wildman–Crippen LogP) is 1.48. The van der Waals surface area contributed by atoms with Gasteiger partial charge in [0.05, 0.1) is 0 Å². The zero-order valence-corrected chi connectivity index (χ0v) is 9.61. The molecule has 0 bridgehead atoms. The van der Waals surface area contributed by atoms with E-state index < -0.39 is 12.0 Å². The van der Waals surface area contributed by atoms with E-state index in [1.165, 1.54) is 12.8 Å². The van der Waals surface area contributed by atoms with Crippen LogP contribution in [0.25, 0.3) is 0 Å². The van der Waals surface area contributed by atoms with E-state index >= 15 is 0 Å². The molecule has 4 heteroatoms. The molecule has 0 amide bonds. The SMILES string of the molecule is CC(N)CCCCCCCC(N)C(=O)O. The summed E-state index contributed by atoms with van der Waals surface area (Å²) >= 11 is 0. The zero-order chi connectivity index (χ0) is 11.7. The van der Waals surface area contributed by atoms with Crippen LogP contribution in [0.4, 0.5) is 0 Å². The van der Waals surface area contributed by atoms with Crippen LogP contribution >= 0.6 is 0 Å². The van der Waals surface area contributed by atoms with Crippen molar-refractivity contribution in [3.05, 3.63) is 0 Å². The standard InChI is InChI=1S/C11H24N2O2/c1-9(12)7-5-3-2-4-6-8-10(13)11(14)15/h9-10H,2-8,12-13H2,1H3,(H,14,15). The summed E-state index contributed by atoms with van der Waals surface area (Å²) in [7, 11) is 0. The molecule has 5 N–H and O–H groups in total. The molecule has 0 aromatic rings. The number of rotatable bonds is 9. The van der Waals surface area contributed by atoms with Gasteiger partial charge in [-0.05, 0) is 19.8 Å². The summed E-state index contributed by atoms with van der Waals surface area (Å²) in [6.07, 6.45) is 7.15. The highest BCUT2D eigenvalue weighted by Gasteiger charge is 2.09. The third-order valence-corrected chi connectivity index (χ3v) is 2.49. The van der Waals surface area contributed by atoms with E-state index in [0.717, 1.165) is 25.7 Å². The van der Waals surface area contributed by atoms with Gasteiger partial charge in [0.15, 0.2) is 0 Å². The van der Waals surface area contributed by atoms with Crippen molar-refractivity contribution in [1.82, 2.24) is 0 Å². The Morgan fingerprint density at radius 3 is 2.00 bits per heavy atom. The van der Waals surface area contributed by atoms with Gasteiger partial charge in [0.2, 0.25) is 0 Å². The molecule has 0 fully saturated rings. The molecular weight excluding hydrogens is 192 g/mol. The van der Waals surface area contributed by atoms with Crippen LogP contribution in [0.5, 0.6) is 0 Å². The molecule has 0 aliphatic carbocycles. The Hall–Kier alpha value is -0.610. The van der Waals surface area contributed by atoms with E-state index in [0.29, 0.717) is 12.5 Å². The Morgan fingerprint density at radius 2 is 1.53 bits per heavy atom. The highest BCUT2D eigenvalue weighted by atomic mass is 16.4. The molecule has 2 atom stereocenters. The molecule has 90 valence electrons. The molecule has 0 radical (unpaired) electrons. The number of hydrogen-bond donors (Lipinski definition) is 3. The molecular formula is C11H24N2O2. The summed E-state index contributed by atoms with van der Waals surface area (Å²) in [5.74, 6) is -0.896. The Bertz CT molecular complexity index is 172. The minimum atomic E-state index is -0.896. The first kappa shape index (κ1) is 14.4. The lowest BCUT2D eigenvalue weighted by Crippen LogP contribution is -2.29. The average molecular weight is 216 g/mol. The maximum atomic E-state index is 10.4. The van der Waals surface area contributed by atoms with Crippen LogP contribution in [0.2, 0.25) is 0 Å². The molecule has 15 heavy (non-hydrogen) atoms. The van der Waals surface area contributed by atoms with Gasteiger partial charge in [0, 0.05) is 6.04 Å². The van der Waals surface area contributed by atoms with Gasteiger partial charge in [-0.1, -0.05) is 32.1 Å². The molecule has 0 heterocycles. The van der Waals surface area contributed by atoms with Gasteiger partial charge in [-0.2, -0.15) is 0 Å².